The van der Waals surface area contributed by atoms with Crippen molar-refractivity contribution in [3.05, 3.63) is 35.5 Å². The van der Waals surface area contributed by atoms with E-state index in [1.54, 1.807) is 0 Å². The summed E-state index contributed by atoms with van der Waals surface area (Å²) >= 11 is 0. The fourth-order valence-electron chi connectivity index (χ4n) is 2.54. The molecule has 0 saturated carbocycles. The van der Waals surface area contributed by atoms with Crippen molar-refractivity contribution in [1.82, 2.24) is 0 Å². The number of carbonyl (C=O) groups is 2. The molecular formula is C15H18O4. The van der Waals surface area contributed by atoms with E-state index in [9.17, 15) is 14.7 Å². The summed E-state index contributed by atoms with van der Waals surface area (Å²) in [5.74, 6) is -0.478. The maximum Gasteiger partial charge on any atom is 0.334 e. The first-order valence-electron chi connectivity index (χ1n) is 6.48. The van der Waals surface area contributed by atoms with Gasteiger partial charge in [0.05, 0.1) is 6.61 Å². The third-order valence-corrected chi connectivity index (χ3v) is 3.74. The Hall–Kier alpha value is -1.68. The number of aliphatic hydroxyl groups excluding tert-OH is 1. The monoisotopic (exact) mass is 262 g/mol. The van der Waals surface area contributed by atoms with E-state index in [-0.39, 0.29) is 24.6 Å². The molecule has 1 fully saturated rings. The van der Waals surface area contributed by atoms with Crippen molar-refractivity contribution in [2.24, 2.45) is 5.92 Å². The highest BCUT2D eigenvalue weighted by molar-refractivity contribution is 5.91. The Morgan fingerprint density at radius 3 is 2.95 bits per heavy atom. The molecule has 19 heavy (non-hydrogen) atoms. The summed E-state index contributed by atoms with van der Waals surface area (Å²) in [7, 11) is 0. The van der Waals surface area contributed by atoms with Crippen LogP contribution < -0.4 is 0 Å². The molecule has 1 aliphatic heterocycles. The van der Waals surface area contributed by atoms with Crippen LogP contribution in [0.2, 0.25) is 0 Å². The second kappa shape index (κ2) is 5.97. The molecule has 0 radical (unpaired) electrons. The number of fused-ring (bicyclic) bond motifs is 1. The van der Waals surface area contributed by atoms with Crippen molar-refractivity contribution in [3.63, 3.8) is 0 Å². The summed E-state index contributed by atoms with van der Waals surface area (Å²) in [5, 5.41) is 9.27. The number of hydrogen-bond acceptors (Lipinski definition) is 4. The zero-order chi connectivity index (χ0) is 13.8. The molecule has 4 heteroatoms. The van der Waals surface area contributed by atoms with Gasteiger partial charge < -0.3 is 9.84 Å². The molecule has 1 aliphatic carbocycles. The first-order chi connectivity index (χ1) is 9.15. The van der Waals surface area contributed by atoms with Gasteiger partial charge in [-0.1, -0.05) is 18.7 Å². The van der Waals surface area contributed by atoms with Gasteiger partial charge in [-0.05, 0) is 30.4 Å². The Kier molecular flexibility index (Phi) is 4.32. The van der Waals surface area contributed by atoms with Gasteiger partial charge in [-0.25, -0.2) is 4.79 Å². The number of rotatable bonds is 2. The van der Waals surface area contributed by atoms with Crippen molar-refractivity contribution >= 4 is 12.3 Å². The van der Waals surface area contributed by atoms with E-state index in [2.05, 4.69) is 6.58 Å². The second-order valence-electron chi connectivity index (χ2n) is 4.97. The van der Waals surface area contributed by atoms with Crippen LogP contribution in [0.3, 0.4) is 0 Å². The van der Waals surface area contributed by atoms with Crippen LogP contribution in [0.4, 0.5) is 0 Å². The Labute approximate surface area is 112 Å². The van der Waals surface area contributed by atoms with Gasteiger partial charge in [0, 0.05) is 17.9 Å². The minimum Gasteiger partial charge on any atom is -0.458 e. The topological polar surface area (TPSA) is 63.6 Å². The van der Waals surface area contributed by atoms with E-state index < -0.39 is 0 Å². The van der Waals surface area contributed by atoms with Crippen LogP contribution in [0.1, 0.15) is 25.7 Å². The minimum absolute atomic E-state index is 0.00291. The molecule has 2 atom stereocenters. The number of esters is 1. The van der Waals surface area contributed by atoms with Crippen LogP contribution >= 0.6 is 0 Å². The number of aliphatic hydroxyl groups is 1. The highest BCUT2D eigenvalue weighted by Gasteiger charge is 2.38. The third kappa shape index (κ3) is 3.01. The van der Waals surface area contributed by atoms with Gasteiger partial charge in [0.25, 0.3) is 0 Å². The quantitative estimate of drug-likeness (QED) is 0.356. The van der Waals surface area contributed by atoms with Gasteiger partial charge in [-0.3, -0.25) is 4.79 Å². The molecule has 2 aliphatic rings. The fourth-order valence-corrected chi connectivity index (χ4v) is 2.54. The van der Waals surface area contributed by atoms with E-state index in [0.29, 0.717) is 30.4 Å². The van der Waals surface area contributed by atoms with E-state index in [1.165, 1.54) is 0 Å². The molecule has 0 bridgehead atoms. The molecule has 4 nitrogen and oxygen atoms in total. The van der Waals surface area contributed by atoms with Gasteiger partial charge in [0.2, 0.25) is 0 Å². The predicted molar refractivity (Wildman–Crippen MR) is 70.3 cm³/mol. The van der Waals surface area contributed by atoms with Crippen LogP contribution in [0.25, 0.3) is 0 Å². The maximum atomic E-state index is 11.6. The predicted octanol–water partition coefficient (Wildman–Crippen LogP) is 1.70. The standard InChI is InChI=1S/C15H18O4/c1-10-13-6-5-11(8-16)3-2-4-12(9-17)7-14(13)19-15(10)18/h4-5,9,13-14,16H,1-3,6-8H2/b11-5+,12-4+/t13-,14+/m1/s1. The van der Waals surface area contributed by atoms with Gasteiger partial charge >= 0.3 is 5.97 Å². The molecular weight excluding hydrogens is 244 g/mol. The van der Waals surface area contributed by atoms with E-state index in [4.69, 9.17) is 4.74 Å². The van der Waals surface area contributed by atoms with Crippen LogP contribution in [-0.4, -0.2) is 30.1 Å². The Morgan fingerprint density at radius 2 is 2.26 bits per heavy atom. The average molecular weight is 262 g/mol. The lowest BCUT2D eigenvalue weighted by Gasteiger charge is -2.18. The van der Waals surface area contributed by atoms with Crippen LogP contribution in [-0.2, 0) is 14.3 Å². The highest BCUT2D eigenvalue weighted by atomic mass is 16.6. The summed E-state index contributed by atoms with van der Waals surface area (Å²) in [4.78, 5) is 22.6. The van der Waals surface area contributed by atoms with Gasteiger partial charge in [-0.15, -0.1) is 0 Å². The smallest absolute Gasteiger partial charge is 0.334 e. The summed E-state index contributed by atoms with van der Waals surface area (Å²) in [6.07, 6.45) is 6.83. The highest BCUT2D eigenvalue weighted by Crippen LogP contribution is 2.34. The Balaban J connectivity index is 2.27. The van der Waals surface area contributed by atoms with E-state index in [0.717, 1.165) is 18.3 Å². The van der Waals surface area contributed by atoms with Crippen molar-refractivity contribution in [2.45, 2.75) is 31.8 Å². The average Bonchev–Trinajstić information content (AvgIpc) is 2.68. The van der Waals surface area contributed by atoms with Gasteiger partial charge in [0.15, 0.2) is 0 Å². The molecule has 0 spiro atoms. The molecule has 0 unspecified atom stereocenters. The first kappa shape index (κ1) is 13.7. The molecule has 0 aromatic heterocycles. The minimum atomic E-state index is -0.376. The summed E-state index contributed by atoms with van der Waals surface area (Å²) in [5.41, 5.74) is 2.04. The molecule has 2 rings (SSSR count). The summed E-state index contributed by atoms with van der Waals surface area (Å²) in [6.45, 7) is 3.78. The van der Waals surface area contributed by atoms with Crippen molar-refractivity contribution in [3.8, 4) is 0 Å². The maximum absolute atomic E-state index is 11.6. The van der Waals surface area contributed by atoms with Crippen LogP contribution in [0.15, 0.2) is 35.5 Å². The lowest BCUT2D eigenvalue weighted by Crippen LogP contribution is -2.18. The normalized spacial score (nSPS) is 33.5. The lowest BCUT2D eigenvalue weighted by molar-refractivity contribution is -0.139. The third-order valence-electron chi connectivity index (χ3n) is 3.74. The van der Waals surface area contributed by atoms with Crippen molar-refractivity contribution in [2.75, 3.05) is 6.61 Å². The number of aldehydes is 1. The largest absolute Gasteiger partial charge is 0.458 e. The molecule has 1 N–H and O–H groups in total. The van der Waals surface area contributed by atoms with E-state index >= 15 is 0 Å². The van der Waals surface area contributed by atoms with Gasteiger partial charge in [-0.2, -0.15) is 0 Å². The summed E-state index contributed by atoms with van der Waals surface area (Å²) < 4.78 is 5.28. The van der Waals surface area contributed by atoms with Crippen molar-refractivity contribution < 1.29 is 19.4 Å². The molecule has 1 heterocycles. The first-order valence-corrected chi connectivity index (χ1v) is 6.48. The van der Waals surface area contributed by atoms with E-state index in [1.807, 2.05) is 12.2 Å². The number of ether oxygens (including phenoxy) is 1. The SMILES string of the molecule is C=C1C(=O)O[C@H]2C/C(C=O)=C\CC/C(CO)=C\C[C@H]12. The number of hydrogen-bond donors (Lipinski definition) is 1. The fraction of sp³-hybridized carbons (Fsp3) is 0.467. The lowest BCUT2D eigenvalue weighted by atomic mass is 9.88. The second-order valence-corrected chi connectivity index (χ2v) is 4.97. The zero-order valence-electron chi connectivity index (χ0n) is 10.8. The zero-order valence-corrected chi connectivity index (χ0v) is 10.8. The number of allylic oxidation sites excluding steroid dienone is 2. The van der Waals surface area contributed by atoms with Gasteiger partial charge in [0.1, 0.15) is 12.4 Å². The van der Waals surface area contributed by atoms with Crippen molar-refractivity contribution in [1.29, 1.82) is 0 Å². The van der Waals surface area contributed by atoms with Crippen LogP contribution in [0.5, 0.6) is 0 Å². The molecule has 102 valence electrons. The van der Waals surface area contributed by atoms with Crippen LogP contribution in [0, 0.1) is 5.92 Å². The molecule has 0 aromatic rings. The summed E-state index contributed by atoms with van der Waals surface area (Å²) in [6, 6.07) is 0. The Morgan fingerprint density at radius 1 is 1.47 bits per heavy atom. The molecule has 0 amide bonds. The Bertz CT molecular complexity index is 459. The number of carbonyl (C=O) groups excluding carboxylic acids is 2. The molecule has 0 aromatic carbocycles. The molecule has 1 saturated heterocycles.